The van der Waals surface area contributed by atoms with Gasteiger partial charge in [0.05, 0.1) is 0 Å². The van der Waals surface area contributed by atoms with Crippen molar-refractivity contribution in [3.8, 4) is 0 Å². The van der Waals surface area contributed by atoms with Crippen LogP contribution in [0, 0.1) is 5.77 Å². The number of hydrogen-bond acceptors (Lipinski definition) is 2. The van der Waals surface area contributed by atoms with Crippen molar-refractivity contribution < 1.29 is 0 Å². The van der Waals surface area contributed by atoms with Gasteiger partial charge in [0.1, 0.15) is 0 Å². The van der Waals surface area contributed by atoms with E-state index in [0.717, 1.165) is 12.8 Å². The molecule has 0 bridgehead atoms. The fourth-order valence-corrected chi connectivity index (χ4v) is 10.5. The van der Waals surface area contributed by atoms with Gasteiger partial charge in [0.15, 0.2) is 0 Å². The molecule has 0 saturated carbocycles. The van der Waals surface area contributed by atoms with Crippen molar-refractivity contribution in [3.05, 3.63) is 39.8 Å². The molecule has 88 valence electrons. The van der Waals surface area contributed by atoms with E-state index in [-0.39, 0.29) is 0 Å². The normalized spacial score (nSPS) is 11.8. The Morgan fingerprint density at radius 3 is 1.69 bits per heavy atom. The second-order valence-corrected chi connectivity index (χ2v) is 12.8. The second-order valence-electron chi connectivity index (χ2n) is 3.36. The van der Waals surface area contributed by atoms with Gasteiger partial charge in [-0.05, 0) is 0 Å². The first-order valence-electron chi connectivity index (χ1n) is 5.28. The Kier molecular flexibility index (Phi) is 4.70. The molecule has 0 unspecified atom stereocenters. The summed E-state index contributed by atoms with van der Waals surface area (Å²) in [5.41, 5.74) is 0. The summed E-state index contributed by atoms with van der Waals surface area (Å²) in [6.45, 7) is 4.39. The molecule has 4 heteroatoms. The fraction of sp³-hybridized carbons (Fsp3) is 0.333. The van der Waals surface area contributed by atoms with Gasteiger partial charge in [0.25, 0.3) is 0 Å². The van der Waals surface area contributed by atoms with Crippen LogP contribution in [0.2, 0.25) is 0 Å². The predicted molar refractivity (Wildman–Crippen MR) is 84.7 cm³/mol. The summed E-state index contributed by atoms with van der Waals surface area (Å²) in [5.74, 6) is 0. The van der Waals surface area contributed by atoms with Crippen molar-refractivity contribution in [1.82, 2.24) is 0 Å². The SMILES string of the molecule is CCc1ccc(I(Cl)c2ccc(CC)s2)s1. The summed E-state index contributed by atoms with van der Waals surface area (Å²) in [7, 11) is 6.65. The molecule has 0 aliphatic carbocycles. The average Bonchev–Trinajstić information content (AvgIpc) is 2.97. The van der Waals surface area contributed by atoms with Crippen LogP contribution >= 0.6 is 50.3 Å². The molecule has 0 N–H and O–H groups in total. The summed E-state index contributed by atoms with van der Waals surface area (Å²) in [4.78, 5) is 2.90. The molecule has 0 saturated heterocycles. The van der Waals surface area contributed by atoms with Gasteiger partial charge >= 0.3 is 117 Å². The first-order chi connectivity index (χ1) is 7.74. The molecule has 0 amide bonds. The van der Waals surface area contributed by atoms with Crippen molar-refractivity contribution in [2.75, 3.05) is 0 Å². The molecule has 0 fully saturated rings. The summed E-state index contributed by atoms with van der Waals surface area (Å²) < 4.78 is 2.85. The molecule has 0 spiro atoms. The molecule has 0 nitrogen and oxygen atoms in total. The summed E-state index contributed by atoms with van der Waals surface area (Å²) >= 11 is 2.21. The average molecular weight is 385 g/mol. The Hall–Kier alpha value is 0.420. The van der Waals surface area contributed by atoms with Gasteiger partial charge in [-0.3, -0.25) is 0 Å². The molecular formula is C12H14ClIS2. The zero-order chi connectivity index (χ0) is 11.5. The third-order valence-electron chi connectivity index (χ3n) is 2.28. The van der Waals surface area contributed by atoms with Crippen LogP contribution in [-0.2, 0) is 12.8 Å². The van der Waals surface area contributed by atoms with Crippen molar-refractivity contribution >= 4 is 50.3 Å². The molecule has 2 rings (SSSR count). The number of thiophene rings is 2. The molecule has 0 atom stereocenters. The van der Waals surface area contributed by atoms with Crippen molar-refractivity contribution in [2.24, 2.45) is 0 Å². The molecule has 0 aliphatic heterocycles. The zero-order valence-corrected chi connectivity index (χ0v) is 13.8. The maximum atomic E-state index is 6.65. The molecule has 2 aromatic heterocycles. The Balaban J connectivity index is 2.20. The van der Waals surface area contributed by atoms with E-state index < -0.39 is 18.7 Å². The van der Waals surface area contributed by atoms with E-state index in [2.05, 4.69) is 38.1 Å². The molecule has 0 radical (unpaired) electrons. The number of aryl methyl sites for hydroxylation is 2. The second kappa shape index (κ2) is 5.85. The Morgan fingerprint density at radius 1 is 0.938 bits per heavy atom. The van der Waals surface area contributed by atoms with Crippen molar-refractivity contribution in [2.45, 2.75) is 26.7 Å². The molecule has 16 heavy (non-hydrogen) atoms. The Morgan fingerprint density at radius 2 is 1.38 bits per heavy atom. The van der Waals surface area contributed by atoms with Crippen LogP contribution in [0.15, 0.2) is 24.3 Å². The topological polar surface area (TPSA) is 0 Å². The van der Waals surface area contributed by atoms with E-state index in [0.29, 0.717) is 0 Å². The molecular weight excluding hydrogens is 371 g/mol. The van der Waals surface area contributed by atoms with Gasteiger partial charge in [-0.15, -0.1) is 0 Å². The molecule has 0 aromatic carbocycles. The summed E-state index contributed by atoms with van der Waals surface area (Å²) in [6.07, 6.45) is 2.24. The quantitative estimate of drug-likeness (QED) is 0.599. The van der Waals surface area contributed by atoms with Crippen LogP contribution in [0.25, 0.3) is 0 Å². The number of halogens is 2. The van der Waals surface area contributed by atoms with Crippen LogP contribution in [0.4, 0.5) is 0 Å². The van der Waals surface area contributed by atoms with Gasteiger partial charge in [-0.1, -0.05) is 0 Å². The first kappa shape index (κ1) is 12.9. The number of hydrogen-bond donors (Lipinski definition) is 0. The maximum absolute atomic E-state index is 6.65. The monoisotopic (exact) mass is 384 g/mol. The van der Waals surface area contributed by atoms with E-state index in [9.17, 15) is 0 Å². The third-order valence-corrected chi connectivity index (χ3v) is 13.5. The molecule has 2 aromatic rings. The van der Waals surface area contributed by atoms with Crippen LogP contribution in [-0.4, -0.2) is 0 Å². The van der Waals surface area contributed by atoms with E-state index in [4.69, 9.17) is 8.91 Å². The Labute approximate surface area is 116 Å². The minimum absolute atomic E-state index is 1.12. The minimum atomic E-state index is -1.58. The van der Waals surface area contributed by atoms with Crippen LogP contribution < -0.4 is 0 Å². The molecule has 2 heterocycles. The standard InChI is InChI=1S/C12H14ClIS2/c1-3-9-5-7-11(15-9)14(13)12-8-6-10(4-2)16-12/h5-8H,3-4H2,1-2H3. The summed E-state index contributed by atoms with van der Waals surface area (Å²) in [5, 5.41) is 0. The van der Waals surface area contributed by atoms with Gasteiger partial charge < -0.3 is 0 Å². The van der Waals surface area contributed by atoms with E-state index >= 15 is 0 Å². The van der Waals surface area contributed by atoms with E-state index in [1.54, 1.807) is 0 Å². The molecule has 0 aliphatic rings. The first-order valence-corrected chi connectivity index (χ1v) is 11.8. The van der Waals surface area contributed by atoms with Crippen LogP contribution in [0.5, 0.6) is 0 Å². The Bertz CT molecular complexity index is 419. The van der Waals surface area contributed by atoms with Crippen molar-refractivity contribution in [1.29, 1.82) is 0 Å². The van der Waals surface area contributed by atoms with Gasteiger partial charge in [-0.2, -0.15) is 0 Å². The fourth-order valence-electron chi connectivity index (χ4n) is 1.35. The van der Waals surface area contributed by atoms with E-state index in [1.165, 1.54) is 15.5 Å². The van der Waals surface area contributed by atoms with Gasteiger partial charge in [-0.25, -0.2) is 0 Å². The van der Waals surface area contributed by atoms with Crippen molar-refractivity contribution in [3.63, 3.8) is 0 Å². The van der Waals surface area contributed by atoms with Crippen LogP contribution in [0.3, 0.4) is 0 Å². The number of rotatable bonds is 4. The summed E-state index contributed by atoms with van der Waals surface area (Å²) in [6, 6.07) is 8.90. The van der Waals surface area contributed by atoms with E-state index in [1.807, 2.05) is 22.7 Å². The van der Waals surface area contributed by atoms with Gasteiger partial charge in [0, 0.05) is 0 Å². The predicted octanol–water partition coefficient (Wildman–Crippen LogP) is 5.63. The van der Waals surface area contributed by atoms with Crippen LogP contribution in [0.1, 0.15) is 23.6 Å². The zero-order valence-electron chi connectivity index (χ0n) is 9.30. The third kappa shape index (κ3) is 2.81. The van der Waals surface area contributed by atoms with Gasteiger partial charge in [0.2, 0.25) is 0 Å².